The Morgan fingerprint density at radius 2 is 2.05 bits per heavy atom. The maximum absolute atomic E-state index is 4.54. The molecule has 1 aromatic heterocycles. The van der Waals surface area contributed by atoms with E-state index < -0.39 is 0 Å². The quantitative estimate of drug-likeness (QED) is 0.935. The Balaban J connectivity index is 1.80. The molecule has 2 aromatic rings. The van der Waals surface area contributed by atoms with Gasteiger partial charge in [0.25, 0.3) is 0 Å². The first-order chi connectivity index (χ1) is 10.3. The number of nitrogens with zero attached hydrogens (tertiary/aromatic N) is 3. The normalized spacial score (nSPS) is 23.3. The number of hydrogen-bond donors (Lipinski definition) is 1. The van der Waals surface area contributed by atoms with Crippen LogP contribution in [0.2, 0.25) is 0 Å². The Bertz CT molecular complexity index is 563. The SMILES string of the molecule is CCC1CN(Cc2ccn(C)n2)C(c2ccccc2)CN1. The van der Waals surface area contributed by atoms with E-state index in [-0.39, 0.29) is 0 Å². The van der Waals surface area contributed by atoms with E-state index in [4.69, 9.17) is 0 Å². The van der Waals surface area contributed by atoms with Gasteiger partial charge in [0.2, 0.25) is 0 Å². The molecule has 1 fully saturated rings. The van der Waals surface area contributed by atoms with Crippen molar-refractivity contribution in [3.63, 3.8) is 0 Å². The first kappa shape index (κ1) is 14.3. The predicted molar refractivity (Wildman–Crippen MR) is 84.9 cm³/mol. The first-order valence-corrected chi connectivity index (χ1v) is 7.77. The molecule has 2 unspecified atom stereocenters. The van der Waals surface area contributed by atoms with E-state index in [2.05, 4.69) is 58.6 Å². The van der Waals surface area contributed by atoms with Crippen LogP contribution in [0.1, 0.15) is 30.6 Å². The monoisotopic (exact) mass is 284 g/mol. The van der Waals surface area contributed by atoms with Crippen molar-refractivity contribution in [2.45, 2.75) is 32.0 Å². The average Bonchev–Trinajstić information content (AvgIpc) is 2.93. The second-order valence-electron chi connectivity index (χ2n) is 5.85. The number of piperazine rings is 1. The van der Waals surface area contributed by atoms with Gasteiger partial charge in [0.1, 0.15) is 0 Å². The number of nitrogens with one attached hydrogen (secondary N) is 1. The molecule has 4 heteroatoms. The fourth-order valence-electron chi connectivity index (χ4n) is 3.09. The van der Waals surface area contributed by atoms with E-state index in [0.717, 1.165) is 25.3 Å². The Labute approximate surface area is 126 Å². The molecule has 112 valence electrons. The zero-order valence-electron chi connectivity index (χ0n) is 12.9. The standard InChI is InChI=1S/C17H24N4/c1-3-15-12-21(13-16-9-10-20(2)19-16)17(11-18-15)14-7-5-4-6-8-14/h4-10,15,17-18H,3,11-13H2,1-2H3. The lowest BCUT2D eigenvalue weighted by molar-refractivity contribution is 0.119. The van der Waals surface area contributed by atoms with Crippen LogP contribution in [0.3, 0.4) is 0 Å². The van der Waals surface area contributed by atoms with Crippen LogP contribution in [-0.4, -0.2) is 33.8 Å². The van der Waals surface area contributed by atoms with E-state index in [1.807, 2.05) is 17.9 Å². The van der Waals surface area contributed by atoms with Gasteiger partial charge in [0.15, 0.2) is 0 Å². The zero-order valence-corrected chi connectivity index (χ0v) is 12.9. The molecule has 0 spiro atoms. The van der Waals surface area contributed by atoms with E-state index >= 15 is 0 Å². The minimum Gasteiger partial charge on any atom is -0.311 e. The summed E-state index contributed by atoms with van der Waals surface area (Å²) < 4.78 is 1.88. The minimum absolute atomic E-state index is 0.427. The summed E-state index contributed by atoms with van der Waals surface area (Å²) in [4.78, 5) is 2.56. The van der Waals surface area contributed by atoms with Gasteiger partial charge in [-0.15, -0.1) is 0 Å². The fraction of sp³-hybridized carbons (Fsp3) is 0.471. The summed E-state index contributed by atoms with van der Waals surface area (Å²) in [6, 6.07) is 13.9. The summed E-state index contributed by atoms with van der Waals surface area (Å²) in [7, 11) is 1.98. The van der Waals surface area contributed by atoms with Crippen LogP contribution in [0.15, 0.2) is 42.6 Å². The molecule has 0 amide bonds. The highest BCUT2D eigenvalue weighted by atomic mass is 15.3. The minimum atomic E-state index is 0.427. The second kappa shape index (κ2) is 6.41. The summed E-state index contributed by atoms with van der Waals surface area (Å²) in [5.41, 5.74) is 2.53. The molecule has 2 atom stereocenters. The highest BCUT2D eigenvalue weighted by molar-refractivity contribution is 5.20. The largest absolute Gasteiger partial charge is 0.311 e. The number of hydrogen-bond acceptors (Lipinski definition) is 3. The van der Waals surface area contributed by atoms with Crippen molar-refractivity contribution in [1.82, 2.24) is 20.0 Å². The summed E-state index contributed by atoms with van der Waals surface area (Å²) in [6.07, 6.45) is 3.19. The van der Waals surface area contributed by atoms with Gasteiger partial charge in [0.05, 0.1) is 5.69 Å². The average molecular weight is 284 g/mol. The molecule has 21 heavy (non-hydrogen) atoms. The van der Waals surface area contributed by atoms with Gasteiger partial charge in [-0.25, -0.2) is 0 Å². The van der Waals surface area contributed by atoms with Crippen molar-refractivity contribution < 1.29 is 0 Å². The van der Waals surface area contributed by atoms with Crippen LogP contribution in [0.4, 0.5) is 0 Å². The summed E-state index contributed by atoms with van der Waals surface area (Å²) in [5.74, 6) is 0. The molecule has 0 radical (unpaired) electrons. The van der Waals surface area contributed by atoms with Crippen molar-refractivity contribution in [1.29, 1.82) is 0 Å². The molecule has 1 aliphatic heterocycles. The topological polar surface area (TPSA) is 33.1 Å². The lowest BCUT2D eigenvalue weighted by atomic mass is 10.00. The van der Waals surface area contributed by atoms with Gasteiger partial charge in [0, 0.05) is 45.0 Å². The smallest absolute Gasteiger partial charge is 0.0764 e. The Hall–Kier alpha value is -1.65. The molecule has 4 nitrogen and oxygen atoms in total. The van der Waals surface area contributed by atoms with E-state index in [0.29, 0.717) is 12.1 Å². The summed E-state index contributed by atoms with van der Waals surface area (Å²) >= 11 is 0. The number of benzene rings is 1. The van der Waals surface area contributed by atoms with Crippen LogP contribution in [0.5, 0.6) is 0 Å². The Morgan fingerprint density at radius 3 is 2.71 bits per heavy atom. The summed E-state index contributed by atoms with van der Waals surface area (Å²) in [6.45, 7) is 5.25. The molecule has 1 N–H and O–H groups in total. The number of aryl methyl sites for hydroxylation is 1. The molecule has 0 saturated carbocycles. The lowest BCUT2D eigenvalue weighted by Gasteiger charge is -2.40. The van der Waals surface area contributed by atoms with Crippen LogP contribution in [0.25, 0.3) is 0 Å². The molecular formula is C17H24N4. The van der Waals surface area contributed by atoms with Gasteiger partial charge in [-0.1, -0.05) is 37.3 Å². The van der Waals surface area contributed by atoms with Crippen molar-refractivity contribution in [2.24, 2.45) is 7.05 Å². The summed E-state index contributed by atoms with van der Waals surface area (Å²) in [5, 5.41) is 8.21. The van der Waals surface area contributed by atoms with Crippen molar-refractivity contribution in [3.8, 4) is 0 Å². The third-order valence-corrected chi connectivity index (χ3v) is 4.31. The molecule has 3 rings (SSSR count). The van der Waals surface area contributed by atoms with Gasteiger partial charge in [-0.05, 0) is 18.1 Å². The maximum atomic E-state index is 4.54. The number of aromatic nitrogens is 2. The first-order valence-electron chi connectivity index (χ1n) is 7.77. The molecule has 1 aliphatic rings. The predicted octanol–water partition coefficient (Wildman–Crippen LogP) is 2.35. The van der Waals surface area contributed by atoms with Crippen LogP contribution < -0.4 is 5.32 Å². The van der Waals surface area contributed by atoms with Crippen molar-refractivity contribution in [3.05, 3.63) is 53.9 Å². The van der Waals surface area contributed by atoms with Gasteiger partial charge >= 0.3 is 0 Å². The third kappa shape index (κ3) is 3.34. The van der Waals surface area contributed by atoms with Gasteiger partial charge < -0.3 is 5.32 Å². The molecule has 0 aliphatic carbocycles. The molecule has 2 heterocycles. The zero-order chi connectivity index (χ0) is 14.7. The van der Waals surface area contributed by atoms with E-state index in [1.165, 1.54) is 12.0 Å². The van der Waals surface area contributed by atoms with Crippen LogP contribution in [0, 0.1) is 0 Å². The fourth-order valence-corrected chi connectivity index (χ4v) is 3.09. The molecule has 0 bridgehead atoms. The van der Waals surface area contributed by atoms with Crippen LogP contribution >= 0.6 is 0 Å². The number of rotatable bonds is 4. The molecule has 1 aromatic carbocycles. The van der Waals surface area contributed by atoms with Crippen LogP contribution in [-0.2, 0) is 13.6 Å². The highest BCUT2D eigenvalue weighted by Crippen LogP contribution is 2.25. The van der Waals surface area contributed by atoms with E-state index in [1.54, 1.807) is 0 Å². The maximum Gasteiger partial charge on any atom is 0.0764 e. The Kier molecular flexibility index (Phi) is 4.36. The Morgan fingerprint density at radius 1 is 1.24 bits per heavy atom. The highest BCUT2D eigenvalue weighted by Gasteiger charge is 2.28. The third-order valence-electron chi connectivity index (χ3n) is 4.31. The lowest BCUT2D eigenvalue weighted by Crippen LogP contribution is -2.51. The van der Waals surface area contributed by atoms with Gasteiger partial charge in [-0.2, -0.15) is 5.10 Å². The van der Waals surface area contributed by atoms with E-state index in [9.17, 15) is 0 Å². The van der Waals surface area contributed by atoms with Gasteiger partial charge in [-0.3, -0.25) is 9.58 Å². The second-order valence-corrected chi connectivity index (χ2v) is 5.85. The van der Waals surface area contributed by atoms with Crippen molar-refractivity contribution >= 4 is 0 Å². The van der Waals surface area contributed by atoms with Crippen molar-refractivity contribution in [2.75, 3.05) is 13.1 Å². The molecular weight excluding hydrogens is 260 g/mol. The molecule has 1 saturated heterocycles.